The molecule has 2 rings (SSSR count). The quantitative estimate of drug-likeness (QED) is 0.844. The number of hydrogen-bond acceptors (Lipinski definition) is 4. The van der Waals surface area contributed by atoms with E-state index in [1.54, 1.807) is 18.2 Å². The third-order valence-electron chi connectivity index (χ3n) is 1.99. The average molecular weight is 259 g/mol. The molecule has 1 aliphatic heterocycles. The predicted octanol–water partition coefficient (Wildman–Crippen LogP) is 2.67. The van der Waals surface area contributed by atoms with E-state index >= 15 is 0 Å². The Morgan fingerprint density at radius 1 is 1.50 bits per heavy atom. The summed E-state index contributed by atoms with van der Waals surface area (Å²) in [5, 5.41) is 2.67. The first-order valence-corrected chi connectivity index (χ1v) is 7.05. The molecule has 16 heavy (non-hydrogen) atoms. The van der Waals surface area contributed by atoms with Crippen LogP contribution in [0.4, 0.5) is 9.18 Å². The number of rotatable bonds is 4. The second-order valence-electron chi connectivity index (χ2n) is 3.24. The van der Waals surface area contributed by atoms with Crippen molar-refractivity contribution in [3.63, 3.8) is 0 Å². The van der Waals surface area contributed by atoms with Crippen LogP contribution in [0.15, 0.2) is 29.2 Å². The SMILES string of the molecule is O=C1NC(CSSc2ccccc2F)CO1. The molecule has 0 radical (unpaired) electrons. The van der Waals surface area contributed by atoms with Crippen molar-refractivity contribution in [1.82, 2.24) is 5.32 Å². The summed E-state index contributed by atoms with van der Waals surface area (Å²) in [5.41, 5.74) is 0. The minimum atomic E-state index is -0.374. The fraction of sp³-hybridized carbons (Fsp3) is 0.300. The fourth-order valence-electron chi connectivity index (χ4n) is 1.21. The molecular formula is C10H10FNO2S2. The minimum absolute atomic E-state index is 0.0248. The number of nitrogens with one attached hydrogen (secondary N) is 1. The van der Waals surface area contributed by atoms with E-state index in [9.17, 15) is 9.18 Å². The van der Waals surface area contributed by atoms with Gasteiger partial charge >= 0.3 is 6.09 Å². The van der Waals surface area contributed by atoms with Gasteiger partial charge in [-0.3, -0.25) is 0 Å². The standard InChI is InChI=1S/C10H10FNO2S2/c11-8-3-1-2-4-9(8)16-15-6-7-5-14-10(13)12-7/h1-4,7H,5-6H2,(H,12,13). The zero-order valence-electron chi connectivity index (χ0n) is 8.31. The lowest BCUT2D eigenvalue weighted by molar-refractivity contribution is 0.177. The molecule has 1 heterocycles. The number of amides is 1. The van der Waals surface area contributed by atoms with Crippen molar-refractivity contribution in [1.29, 1.82) is 0 Å². The molecule has 0 bridgehead atoms. The molecule has 3 nitrogen and oxygen atoms in total. The Morgan fingerprint density at radius 3 is 3.00 bits per heavy atom. The van der Waals surface area contributed by atoms with E-state index in [1.165, 1.54) is 27.7 Å². The van der Waals surface area contributed by atoms with E-state index < -0.39 is 0 Å². The maximum atomic E-state index is 13.2. The number of benzene rings is 1. The molecule has 1 atom stereocenters. The smallest absolute Gasteiger partial charge is 0.407 e. The van der Waals surface area contributed by atoms with Crippen LogP contribution in [0.3, 0.4) is 0 Å². The van der Waals surface area contributed by atoms with Gasteiger partial charge in [-0.05, 0) is 12.1 Å². The number of ether oxygens (including phenoxy) is 1. The summed E-state index contributed by atoms with van der Waals surface area (Å²) in [6.45, 7) is 0.393. The Bertz CT molecular complexity index is 389. The van der Waals surface area contributed by atoms with Crippen LogP contribution in [-0.2, 0) is 4.74 Å². The van der Waals surface area contributed by atoms with Crippen LogP contribution in [0, 0.1) is 5.82 Å². The number of carbonyl (C=O) groups excluding carboxylic acids is 1. The number of alkyl carbamates (subject to hydrolysis) is 1. The monoisotopic (exact) mass is 259 g/mol. The Kier molecular flexibility index (Phi) is 3.95. The van der Waals surface area contributed by atoms with Gasteiger partial charge < -0.3 is 10.1 Å². The molecule has 0 saturated carbocycles. The van der Waals surface area contributed by atoms with Gasteiger partial charge in [0.2, 0.25) is 0 Å². The molecule has 86 valence electrons. The number of halogens is 1. The zero-order valence-corrected chi connectivity index (χ0v) is 9.94. The lowest BCUT2D eigenvalue weighted by atomic mass is 10.4. The number of cyclic esters (lactones) is 1. The molecule has 1 amide bonds. The van der Waals surface area contributed by atoms with Gasteiger partial charge in [0.25, 0.3) is 0 Å². The minimum Gasteiger partial charge on any atom is -0.447 e. The molecule has 1 aromatic carbocycles. The summed E-state index contributed by atoms with van der Waals surface area (Å²) in [4.78, 5) is 11.3. The molecule has 6 heteroatoms. The predicted molar refractivity (Wildman–Crippen MR) is 63.0 cm³/mol. The maximum Gasteiger partial charge on any atom is 0.407 e. The van der Waals surface area contributed by atoms with Crippen LogP contribution in [0.2, 0.25) is 0 Å². The summed E-state index contributed by atoms with van der Waals surface area (Å²) < 4.78 is 18.0. The van der Waals surface area contributed by atoms with Crippen molar-refractivity contribution < 1.29 is 13.9 Å². The van der Waals surface area contributed by atoms with Gasteiger partial charge in [0, 0.05) is 5.75 Å². The van der Waals surface area contributed by atoms with E-state index in [0.717, 1.165) is 0 Å². The lowest BCUT2D eigenvalue weighted by Crippen LogP contribution is -2.27. The molecule has 1 fully saturated rings. The molecular weight excluding hydrogens is 249 g/mol. The van der Waals surface area contributed by atoms with Crippen molar-refractivity contribution in [2.75, 3.05) is 12.4 Å². The molecule has 1 N–H and O–H groups in total. The van der Waals surface area contributed by atoms with E-state index in [-0.39, 0.29) is 18.0 Å². The molecule has 1 aromatic rings. The molecule has 0 spiro atoms. The summed E-state index contributed by atoms with van der Waals surface area (Å²) in [7, 11) is 2.87. The van der Waals surface area contributed by atoms with E-state index in [0.29, 0.717) is 17.3 Å². The van der Waals surface area contributed by atoms with Crippen LogP contribution >= 0.6 is 21.6 Å². The van der Waals surface area contributed by atoms with Crippen molar-refractivity contribution in [2.24, 2.45) is 0 Å². The first-order chi connectivity index (χ1) is 7.75. The fourth-order valence-corrected chi connectivity index (χ4v) is 3.51. The Labute approximate surface area is 101 Å². The van der Waals surface area contributed by atoms with Crippen molar-refractivity contribution in [3.05, 3.63) is 30.1 Å². The Morgan fingerprint density at radius 2 is 2.31 bits per heavy atom. The third-order valence-corrected chi connectivity index (χ3v) is 4.46. The van der Waals surface area contributed by atoms with E-state index in [1.807, 2.05) is 0 Å². The summed E-state index contributed by atoms with van der Waals surface area (Å²) in [6, 6.07) is 6.65. The highest BCUT2D eigenvalue weighted by Gasteiger charge is 2.21. The topological polar surface area (TPSA) is 38.3 Å². The van der Waals surface area contributed by atoms with E-state index in [2.05, 4.69) is 5.32 Å². The van der Waals surface area contributed by atoms with Crippen LogP contribution in [0.1, 0.15) is 0 Å². The molecule has 0 aliphatic carbocycles. The second-order valence-corrected chi connectivity index (χ2v) is 5.62. The van der Waals surface area contributed by atoms with Crippen LogP contribution < -0.4 is 5.32 Å². The van der Waals surface area contributed by atoms with Gasteiger partial charge in [0.05, 0.1) is 10.9 Å². The molecule has 1 aliphatic rings. The van der Waals surface area contributed by atoms with Crippen LogP contribution in [0.25, 0.3) is 0 Å². The van der Waals surface area contributed by atoms with Gasteiger partial charge in [0.1, 0.15) is 12.4 Å². The summed E-state index contributed by atoms with van der Waals surface area (Å²) >= 11 is 0. The summed E-state index contributed by atoms with van der Waals surface area (Å²) in [6.07, 6.45) is -0.374. The highest BCUT2D eigenvalue weighted by molar-refractivity contribution is 8.76. The highest BCUT2D eigenvalue weighted by Crippen LogP contribution is 2.33. The maximum absolute atomic E-state index is 13.2. The molecule has 1 saturated heterocycles. The zero-order chi connectivity index (χ0) is 11.4. The highest BCUT2D eigenvalue weighted by atomic mass is 33.1. The van der Waals surface area contributed by atoms with Crippen molar-refractivity contribution >= 4 is 27.7 Å². The third kappa shape index (κ3) is 3.05. The number of carbonyl (C=O) groups is 1. The van der Waals surface area contributed by atoms with Gasteiger partial charge in [-0.2, -0.15) is 0 Å². The van der Waals surface area contributed by atoms with Gasteiger partial charge in [-0.25, -0.2) is 9.18 Å². The van der Waals surface area contributed by atoms with Crippen LogP contribution in [0.5, 0.6) is 0 Å². The molecule has 0 aromatic heterocycles. The van der Waals surface area contributed by atoms with Gasteiger partial charge in [-0.15, -0.1) is 0 Å². The van der Waals surface area contributed by atoms with Gasteiger partial charge in [0.15, 0.2) is 0 Å². The summed E-state index contributed by atoms with van der Waals surface area (Å²) in [5.74, 6) is 0.483. The average Bonchev–Trinajstić information content (AvgIpc) is 2.67. The Balaban J connectivity index is 1.76. The molecule has 1 unspecified atom stereocenters. The second kappa shape index (κ2) is 5.45. The van der Waals surface area contributed by atoms with Crippen molar-refractivity contribution in [3.8, 4) is 0 Å². The first kappa shape index (κ1) is 11.6. The van der Waals surface area contributed by atoms with Crippen LogP contribution in [-0.4, -0.2) is 24.5 Å². The number of hydrogen-bond donors (Lipinski definition) is 1. The Hall–Kier alpha value is -0.880. The van der Waals surface area contributed by atoms with Crippen molar-refractivity contribution in [2.45, 2.75) is 10.9 Å². The lowest BCUT2D eigenvalue weighted by Gasteiger charge is -2.06. The van der Waals surface area contributed by atoms with E-state index in [4.69, 9.17) is 4.74 Å². The first-order valence-electron chi connectivity index (χ1n) is 4.73. The largest absolute Gasteiger partial charge is 0.447 e. The van der Waals surface area contributed by atoms with Gasteiger partial charge in [-0.1, -0.05) is 33.7 Å². The normalized spacial score (nSPS) is 19.3.